The van der Waals surface area contributed by atoms with E-state index < -0.39 is 0 Å². The molecule has 0 heterocycles. The van der Waals surface area contributed by atoms with Gasteiger partial charge in [0.25, 0.3) is 0 Å². The lowest BCUT2D eigenvalue weighted by molar-refractivity contribution is 2.13. The highest BCUT2D eigenvalue weighted by atomic mass is 32.1. The second kappa shape index (κ2) is 122. The summed E-state index contributed by atoms with van der Waals surface area (Å²) in [5.41, 5.74) is 0. The average Bonchev–Trinajstić information content (AvgIpc) is 0. The lowest BCUT2D eigenvalue weighted by Gasteiger charge is -0.345. The predicted molar refractivity (Wildman–Crippen MR) is 61.9 cm³/mol. The maximum Gasteiger partial charge on any atom is -0.197 e. The quantitative estimate of drug-likeness (QED) is 0.615. The Labute approximate surface area is 79.6 Å². The Morgan fingerprint density at radius 3 is 0.286 bits per heavy atom. The molecule has 7 heavy (non-hydrogen) atoms. The molecule has 7 heteroatoms. The van der Waals surface area contributed by atoms with Crippen LogP contribution < -0.4 is 12.3 Å². The van der Waals surface area contributed by atoms with Crippen LogP contribution in [0, 0.1) is 0 Å². The minimum Gasteiger partial charge on any atom is -0.344 e. The molecule has 0 bridgehead atoms. The third-order valence-electron chi connectivity index (χ3n) is 0. The van der Waals surface area contributed by atoms with E-state index in [1.807, 2.05) is 0 Å². The van der Waals surface area contributed by atoms with Crippen molar-refractivity contribution in [3.05, 3.63) is 0 Å². The van der Waals surface area contributed by atoms with Gasteiger partial charge in [0.15, 0.2) is 0 Å². The first-order chi connectivity index (χ1) is 0. The van der Waals surface area contributed by atoms with Gasteiger partial charge in [-0.15, -0.1) is 0 Å². The highest BCUT2D eigenvalue weighted by Crippen LogP contribution is 0.652. The van der Waals surface area contributed by atoms with E-state index in [4.69, 9.17) is 0 Å². The molecule has 0 rings (SSSR count). The van der Waals surface area contributed by atoms with Gasteiger partial charge in [-0.2, -0.15) is 67.5 Å². The van der Waals surface area contributed by atoms with Gasteiger partial charge < -0.3 is 12.3 Å². The van der Waals surface area contributed by atoms with Crippen LogP contribution in [-0.4, -0.2) is 0 Å². The minimum absolute atomic E-state index is 0. The zero-order valence-electron chi connectivity index (χ0n) is 3.91. The summed E-state index contributed by atoms with van der Waals surface area (Å²) in [4.78, 5) is 0. The minimum atomic E-state index is 0. The van der Waals surface area contributed by atoms with Crippen LogP contribution in [-0.2, 0) is 0 Å². The molecule has 0 aromatic carbocycles. The molecular weight excluding hydrogens is 188 g/mol. The fourth-order valence-electron chi connectivity index (χ4n) is 0. The molecule has 0 aliphatic rings. The Bertz CT molecular complexity index is 6.04. The maximum absolute atomic E-state index is 0. The highest BCUT2D eigenvalue weighted by molar-refractivity contribution is 7.60. The smallest absolute Gasteiger partial charge is 0.197 e. The number of hydrogen-bond donors (Lipinski definition) is 2. The summed E-state index contributed by atoms with van der Waals surface area (Å²) >= 11 is 0. The Balaban J connectivity index is 0. The Morgan fingerprint density at radius 2 is 0.286 bits per heavy atom. The molecular formula is H16N2S5. The van der Waals surface area contributed by atoms with Gasteiger partial charge in [-0.05, 0) is 0 Å². The van der Waals surface area contributed by atoms with E-state index in [1.165, 1.54) is 0 Å². The molecule has 0 fully saturated rings. The monoisotopic (exact) mass is 204 g/mol. The van der Waals surface area contributed by atoms with E-state index in [-0.39, 0.29) is 79.8 Å². The van der Waals surface area contributed by atoms with Gasteiger partial charge in [0.1, 0.15) is 0 Å². The van der Waals surface area contributed by atoms with Gasteiger partial charge in [-0.3, -0.25) is 0 Å². The highest BCUT2D eigenvalue weighted by Gasteiger charge is -0.193. The van der Waals surface area contributed by atoms with Crippen LogP contribution in [0.25, 0.3) is 0 Å². The average molecular weight is 204 g/mol. The van der Waals surface area contributed by atoms with Crippen LogP contribution in [0.2, 0.25) is 0 Å². The SMILES string of the molecule is N.N.S.S.S.S.S. The molecule has 0 aromatic rings. The maximum atomic E-state index is 0. The lowest BCUT2D eigenvalue weighted by atomic mass is 14.0. The molecule has 6 N–H and O–H groups in total. The van der Waals surface area contributed by atoms with Crippen LogP contribution >= 0.6 is 67.5 Å². The van der Waals surface area contributed by atoms with Crippen LogP contribution in [0.3, 0.4) is 0 Å². The van der Waals surface area contributed by atoms with E-state index in [0.717, 1.165) is 0 Å². The summed E-state index contributed by atoms with van der Waals surface area (Å²) < 4.78 is 0. The van der Waals surface area contributed by atoms with Gasteiger partial charge in [0, 0.05) is 0 Å². The van der Waals surface area contributed by atoms with Crippen LogP contribution in [0.4, 0.5) is 0 Å². The summed E-state index contributed by atoms with van der Waals surface area (Å²) in [6, 6.07) is 0. The van der Waals surface area contributed by atoms with Crippen LogP contribution in [0.5, 0.6) is 0 Å². The molecule has 0 aliphatic heterocycles. The van der Waals surface area contributed by atoms with Gasteiger partial charge >= 0.3 is 0 Å². The van der Waals surface area contributed by atoms with E-state index >= 15 is 0 Å². The normalized spacial score (nSPS) is 0. The van der Waals surface area contributed by atoms with Gasteiger partial charge in [-0.25, -0.2) is 0 Å². The fourth-order valence-corrected chi connectivity index (χ4v) is 0. The summed E-state index contributed by atoms with van der Waals surface area (Å²) in [5.74, 6) is 0. The van der Waals surface area contributed by atoms with Crippen molar-refractivity contribution >= 4 is 67.5 Å². The van der Waals surface area contributed by atoms with Crippen molar-refractivity contribution in [1.29, 1.82) is 0 Å². The standard InChI is InChI=1S/2H3N.5H2S/h2*1H3;5*1H2. The van der Waals surface area contributed by atoms with E-state index in [2.05, 4.69) is 0 Å². The zero-order chi connectivity index (χ0) is 0. The Morgan fingerprint density at radius 1 is 0.286 bits per heavy atom. The van der Waals surface area contributed by atoms with E-state index in [1.54, 1.807) is 0 Å². The summed E-state index contributed by atoms with van der Waals surface area (Å²) in [6.07, 6.45) is 0. The molecule has 0 amide bonds. The molecule has 2 nitrogen and oxygen atoms in total. The predicted octanol–water partition coefficient (Wildman–Crippen LogP) is 0.888. The molecule has 0 spiro atoms. The zero-order valence-corrected chi connectivity index (χ0v) is 8.91. The molecule has 0 radical (unpaired) electrons. The molecule has 0 atom stereocenters. The van der Waals surface area contributed by atoms with Crippen molar-refractivity contribution < 1.29 is 0 Å². The second-order valence-electron chi connectivity index (χ2n) is 0. The third-order valence-corrected chi connectivity index (χ3v) is 0. The Kier molecular flexibility index (Phi) is 3200. The summed E-state index contributed by atoms with van der Waals surface area (Å²) in [5, 5.41) is 0. The topological polar surface area (TPSA) is 70.0 Å². The van der Waals surface area contributed by atoms with Crippen molar-refractivity contribution in [2.75, 3.05) is 0 Å². The second-order valence-corrected chi connectivity index (χ2v) is 0. The summed E-state index contributed by atoms with van der Waals surface area (Å²) in [7, 11) is 0. The molecule has 0 aliphatic carbocycles. The lowest BCUT2D eigenvalue weighted by Crippen LogP contribution is -0.482. The summed E-state index contributed by atoms with van der Waals surface area (Å²) in [6.45, 7) is 0. The molecule has 0 aromatic heterocycles. The van der Waals surface area contributed by atoms with Gasteiger partial charge in [0.05, 0.1) is 0 Å². The molecule has 0 saturated heterocycles. The Hall–Kier alpha value is 1.67. The fraction of sp³-hybridized carbons (Fsp3) is 0. The number of hydrogen-bond acceptors (Lipinski definition) is 2. The third kappa shape index (κ3) is 88.4. The largest absolute Gasteiger partial charge is 0.344 e. The van der Waals surface area contributed by atoms with Crippen molar-refractivity contribution in [1.82, 2.24) is 12.3 Å². The van der Waals surface area contributed by atoms with Gasteiger partial charge in [-0.1, -0.05) is 0 Å². The first-order valence-electron chi connectivity index (χ1n) is 0. The first-order valence-corrected chi connectivity index (χ1v) is 0. The number of rotatable bonds is 0. The van der Waals surface area contributed by atoms with Crippen molar-refractivity contribution in [2.45, 2.75) is 0 Å². The van der Waals surface area contributed by atoms with Gasteiger partial charge in [0.2, 0.25) is 0 Å². The van der Waals surface area contributed by atoms with Crippen molar-refractivity contribution in [2.24, 2.45) is 0 Å². The van der Waals surface area contributed by atoms with E-state index in [0.29, 0.717) is 0 Å². The molecule has 0 saturated carbocycles. The van der Waals surface area contributed by atoms with Crippen molar-refractivity contribution in [3.63, 3.8) is 0 Å². The van der Waals surface area contributed by atoms with Crippen molar-refractivity contribution in [3.8, 4) is 0 Å². The molecule has 0 unspecified atom stereocenters. The van der Waals surface area contributed by atoms with Crippen LogP contribution in [0.15, 0.2) is 0 Å². The van der Waals surface area contributed by atoms with E-state index in [9.17, 15) is 0 Å². The molecule has 56 valence electrons. The van der Waals surface area contributed by atoms with Crippen LogP contribution in [0.1, 0.15) is 0 Å². The first kappa shape index (κ1) is 183.